The van der Waals surface area contributed by atoms with Gasteiger partial charge in [-0.2, -0.15) is 0 Å². The summed E-state index contributed by atoms with van der Waals surface area (Å²) in [4.78, 5) is 16.2. The number of nitrogens with one attached hydrogen (secondary N) is 1. The maximum absolute atomic E-state index is 13.4. The average molecular weight is 296 g/mol. The summed E-state index contributed by atoms with van der Waals surface area (Å²) in [7, 11) is 1.46. The van der Waals surface area contributed by atoms with Gasteiger partial charge in [0.1, 0.15) is 23.2 Å². The van der Waals surface area contributed by atoms with E-state index in [4.69, 9.17) is 9.47 Å². The number of amides is 1. The smallest absolute Gasteiger partial charge is 0.255 e. The molecule has 1 aliphatic heterocycles. The number of ether oxygens (including phenoxy) is 2. The van der Waals surface area contributed by atoms with Gasteiger partial charge in [0.15, 0.2) is 5.13 Å². The van der Waals surface area contributed by atoms with Crippen LogP contribution in [0.15, 0.2) is 12.1 Å². The lowest BCUT2D eigenvalue weighted by Crippen LogP contribution is -2.26. The van der Waals surface area contributed by atoms with E-state index in [-0.39, 0.29) is 5.91 Å². The lowest BCUT2D eigenvalue weighted by atomic mass is 10.2. The zero-order chi connectivity index (χ0) is 14.1. The van der Waals surface area contributed by atoms with Crippen molar-refractivity contribution in [2.24, 2.45) is 0 Å². The van der Waals surface area contributed by atoms with Crippen LogP contribution in [-0.2, 0) is 9.53 Å². The summed E-state index contributed by atoms with van der Waals surface area (Å²) in [6.07, 6.45) is 1.19. The van der Waals surface area contributed by atoms with Crippen LogP contribution in [0.3, 0.4) is 0 Å². The van der Waals surface area contributed by atoms with Crippen LogP contribution >= 0.6 is 11.3 Å². The summed E-state index contributed by atoms with van der Waals surface area (Å²) in [5.41, 5.74) is 0.543. The highest BCUT2D eigenvalue weighted by atomic mass is 32.1. The fraction of sp³-hybridized carbons (Fsp3) is 0.385. The first-order valence-electron chi connectivity index (χ1n) is 6.24. The Kier molecular flexibility index (Phi) is 3.54. The van der Waals surface area contributed by atoms with Gasteiger partial charge in [-0.15, -0.1) is 0 Å². The number of rotatable bonds is 3. The molecule has 5 nitrogen and oxygen atoms in total. The van der Waals surface area contributed by atoms with Crippen molar-refractivity contribution in [2.75, 3.05) is 19.0 Å². The van der Waals surface area contributed by atoms with E-state index in [0.717, 1.165) is 6.42 Å². The number of carbonyl (C=O) groups is 1. The number of aromatic nitrogens is 1. The van der Waals surface area contributed by atoms with Crippen LogP contribution < -0.4 is 10.1 Å². The maximum atomic E-state index is 13.4. The molecule has 0 saturated carbocycles. The minimum atomic E-state index is -0.416. The van der Waals surface area contributed by atoms with Gasteiger partial charge in [-0.25, -0.2) is 9.37 Å². The lowest BCUT2D eigenvalue weighted by molar-refractivity contribution is -0.124. The summed E-state index contributed by atoms with van der Waals surface area (Å²) >= 11 is 1.21. The predicted molar refractivity (Wildman–Crippen MR) is 73.7 cm³/mol. The number of hydrogen-bond donors (Lipinski definition) is 1. The molecule has 1 N–H and O–H groups in total. The maximum Gasteiger partial charge on any atom is 0.255 e. The lowest BCUT2D eigenvalue weighted by Gasteiger charge is -2.07. The number of anilines is 1. The van der Waals surface area contributed by atoms with Gasteiger partial charge in [-0.1, -0.05) is 11.3 Å². The topological polar surface area (TPSA) is 60.5 Å². The minimum Gasteiger partial charge on any atom is -0.494 e. The summed E-state index contributed by atoms with van der Waals surface area (Å²) < 4.78 is 24.4. The van der Waals surface area contributed by atoms with Crippen molar-refractivity contribution < 1.29 is 18.7 Å². The summed E-state index contributed by atoms with van der Waals surface area (Å²) in [6, 6.07) is 2.64. The highest BCUT2D eigenvalue weighted by Gasteiger charge is 2.24. The Morgan fingerprint density at radius 1 is 1.60 bits per heavy atom. The van der Waals surface area contributed by atoms with Crippen LogP contribution in [0.2, 0.25) is 0 Å². The van der Waals surface area contributed by atoms with E-state index in [9.17, 15) is 9.18 Å². The average Bonchev–Trinajstić information content (AvgIpc) is 3.05. The highest BCUT2D eigenvalue weighted by molar-refractivity contribution is 7.22. The largest absolute Gasteiger partial charge is 0.494 e. The van der Waals surface area contributed by atoms with E-state index in [0.29, 0.717) is 34.1 Å². The molecule has 0 aliphatic carbocycles. The monoisotopic (exact) mass is 296 g/mol. The van der Waals surface area contributed by atoms with E-state index in [1.54, 1.807) is 0 Å². The first-order chi connectivity index (χ1) is 9.67. The van der Waals surface area contributed by atoms with Gasteiger partial charge >= 0.3 is 0 Å². The van der Waals surface area contributed by atoms with E-state index in [1.807, 2.05) is 0 Å². The van der Waals surface area contributed by atoms with Gasteiger partial charge in [0, 0.05) is 12.7 Å². The fourth-order valence-corrected chi connectivity index (χ4v) is 3.06. The van der Waals surface area contributed by atoms with Crippen molar-refractivity contribution >= 4 is 32.6 Å². The molecular weight excluding hydrogens is 283 g/mol. The quantitative estimate of drug-likeness (QED) is 0.945. The van der Waals surface area contributed by atoms with Crippen molar-refractivity contribution in [2.45, 2.75) is 18.9 Å². The van der Waals surface area contributed by atoms with E-state index >= 15 is 0 Å². The molecule has 0 spiro atoms. The zero-order valence-corrected chi connectivity index (χ0v) is 11.6. The van der Waals surface area contributed by atoms with Gasteiger partial charge < -0.3 is 9.47 Å². The van der Waals surface area contributed by atoms with Gasteiger partial charge in [-0.3, -0.25) is 10.1 Å². The van der Waals surface area contributed by atoms with Crippen molar-refractivity contribution in [3.8, 4) is 5.75 Å². The molecule has 1 aromatic carbocycles. The first-order valence-corrected chi connectivity index (χ1v) is 7.05. The second-order valence-electron chi connectivity index (χ2n) is 4.46. The third kappa shape index (κ3) is 2.46. The van der Waals surface area contributed by atoms with Gasteiger partial charge in [0.05, 0.1) is 11.8 Å². The second-order valence-corrected chi connectivity index (χ2v) is 5.50. The van der Waals surface area contributed by atoms with E-state index < -0.39 is 11.9 Å². The number of hydrogen-bond acceptors (Lipinski definition) is 5. The number of nitrogens with zero attached hydrogens (tertiary/aromatic N) is 1. The number of thiazole rings is 1. The van der Waals surface area contributed by atoms with Crippen LogP contribution in [0.1, 0.15) is 12.8 Å². The Morgan fingerprint density at radius 3 is 3.15 bits per heavy atom. The van der Waals surface area contributed by atoms with Gasteiger partial charge in [0.25, 0.3) is 5.91 Å². The SMILES string of the molecule is COc1cc(F)cc2sc(NC(=O)C3CCCO3)nc12. The number of carbonyl (C=O) groups excluding carboxylic acids is 1. The predicted octanol–water partition coefficient (Wildman–Crippen LogP) is 2.56. The van der Waals surface area contributed by atoms with Crippen molar-refractivity contribution in [3.63, 3.8) is 0 Å². The number of benzene rings is 1. The van der Waals surface area contributed by atoms with E-state index in [1.165, 1.54) is 30.6 Å². The van der Waals surface area contributed by atoms with Gasteiger partial charge in [0.2, 0.25) is 0 Å². The molecular formula is C13H13FN2O3S. The molecule has 2 heterocycles. The molecule has 7 heteroatoms. The zero-order valence-electron chi connectivity index (χ0n) is 10.8. The highest BCUT2D eigenvalue weighted by Crippen LogP contribution is 2.33. The fourth-order valence-electron chi connectivity index (χ4n) is 2.15. The molecule has 0 bridgehead atoms. The van der Waals surface area contributed by atoms with Crippen molar-refractivity contribution in [1.82, 2.24) is 4.98 Å². The van der Waals surface area contributed by atoms with Crippen LogP contribution in [0.4, 0.5) is 9.52 Å². The molecule has 1 unspecified atom stereocenters. The number of halogens is 1. The molecule has 1 fully saturated rings. The molecule has 1 amide bonds. The van der Waals surface area contributed by atoms with Crippen LogP contribution in [0.5, 0.6) is 5.75 Å². The Labute approximate surface area is 118 Å². The van der Waals surface area contributed by atoms with E-state index in [2.05, 4.69) is 10.3 Å². The molecule has 1 aliphatic rings. The Bertz CT molecular complexity index is 652. The summed E-state index contributed by atoms with van der Waals surface area (Å²) in [5.74, 6) is -0.245. The number of methoxy groups -OCH3 is 1. The molecule has 2 aromatic rings. The molecule has 3 rings (SSSR count). The summed E-state index contributed by atoms with van der Waals surface area (Å²) in [6.45, 7) is 0.608. The normalized spacial score (nSPS) is 18.4. The molecule has 0 radical (unpaired) electrons. The number of fused-ring (bicyclic) bond motifs is 1. The third-order valence-corrected chi connectivity index (χ3v) is 4.01. The third-order valence-electron chi connectivity index (χ3n) is 3.10. The second kappa shape index (κ2) is 5.34. The standard InChI is InChI=1S/C13H13FN2O3S/c1-18-9-5-7(14)6-10-11(9)15-13(20-10)16-12(17)8-3-2-4-19-8/h5-6,8H,2-4H2,1H3,(H,15,16,17). The first kappa shape index (κ1) is 13.3. The molecule has 1 atom stereocenters. The Morgan fingerprint density at radius 2 is 2.45 bits per heavy atom. The minimum absolute atomic E-state index is 0.207. The van der Waals surface area contributed by atoms with Crippen molar-refractivity contribution in [1.29, 1.82) is 0 Å². The van der Waals surface area contributed by atoms with Crippen LogP contribution in [-0.4, -0.2) is 30.7 Å². The van der Waals surface area contributed by atoms with Crippen LogP contribution in [0, 0.1) is 5.82 Å². The summed E-state index contributed by atoms with van der Waals surface area (Å²) in [5, 5.41) is 3.13. The Hall–Kier alpha value is -1.73. The molecule has 1 saturated heterocycles. The molecule has 106 valence electrons. The Balaban J connectivity index is 1.87. The molecule has 1 aromatic heterocycles. The van der Waals surface area contributed by atoms with Gasteiger partial charge in [-0.05, 0) is 18.9 Å². The van der Waals surface area contributed by atoms with Crippen molar-refractivity contribution in [3.05, 3.63) is 17.9 Å². The molecule has 20 heavy (non-hydrogen) atoms. The van der Waals surface area contributed by atoms with Crippen LogP contribution in [0.25, 0.3) is 10.2 Å².